The first-order chi connectivity index (χ1) is 24.7. The highest BCUT2D eigenvalue weighted by molar-refractivity contribution is 7.51. The smallest absolute Gasteiger partial charge is 0.340 e. The van der Waals surface area contributed by atoms with E-state index in [2.05, 4.69) is 17.4 Å². The van der Waals surface area contributed by atoms with E-state index >= 15 is 0 Å². The number of thiophene rings is 1. The third kappa shape index (κ3) is 7.42. The van der Waals surface area contributed by atoms with E-state index in [1.807, 2.05) is 28.0 Å². The molecule has 3 aliphatic heterocycles. The van der Waals surface area contributed by atoms with Crippen LogP contribution in [0.1, 0.15) is 90.4 Å². The average molecular weight is 761 g/mol. The molecule has 4 aliphatic rings. The van der Waals surface area contributed by atoms with Gasteiger partial charge in [0.2, 0.25) is 24.2 Å². The number of likely N-dealkylation sites (tertiary alicyclic amines) is 1. The zero-order valence-electron chi connectivity index (χ0n) is 28.9. The summed E-state index contributed by atoms with van der Waals surface area (Å²) >= 11 is 1.10. The van der Waals surface area contributed by atoms with Gasteiger partial charge in [-0.1, -0.05) is 36.4 Å². The van der Waals surface area contributed by atoms with Crippen LogP contribution in [0.3, 0.4) is 0 Å². The quantitative estimate of drug-likeness (QED) is 0.210. The fraction of sp³-hybridized carbons (Fsp3) is 0.541. The van der Waals surface area contributed by atoms with Gasteiger partial charge >= 0.3 is 7.60 Å². The van der Waals surface area contributed by atoms with Gasteiger partial charge in [-0.05, 0) is 93.1 Å². The molecule has 6 atom stereocenters. The summed E-state index contributed by atoms with van der Waals surface area (Å²) in [6.45, 7) is 0.751. The van der Waals surface area contributed by atoms with Crippen LogP contribution < -0.4 is 5.32 Å². The number of fused-ring (bicyclic) bond motifs is 2. The van der Waals surface area contributed by atoms with E-state index < -0.39 is 37.9 Å². The van der Waals surface area contributed by atoms with Gasteiger partial charge < -0.3 is 29.8 Å². The maximum Gasteiger partial charge on any atom is 0.363 e. The van der Waals surface area contributed by atoms with Crippen molar-refractivity contribution < 1.29 is 41.9 Å². The van der Waals surface area contributed by atoms with Crippen molar-refractivity contribution in [2.45, 2.75) is 106 Å². The number of amides is 3. The fourth-order valence-corrected chi connectivity index (χ4v) is 10.2. The average Bonchev–Trinajstić information content (AvgIpc) is 3.41. The van der Waals surface area contributed by atoms with Crippen molar-refractivity contribution in [2.75, 3.05) is 20.1 Å². The summed E-state index contributed by atoms with van der Waals surface area (Å²) in [5, 5.41) is 3.33. The molecule has 0 bridgehead atoms. The van der Waals surface area contributed by atoms with Crippen LogP contribution in [0, 0.1) is 0 Å². The third-order valence-corrected chi connectivity index (χ3v) is 13.6. The molecule has 10 nitrogen and oxygen atoms in total. The summed E-state index contributed by atoms with van der Waals surface area (Å²) in [6.07, 6.45) is 2.31. The molecule has 1 unspecified atom stereocenters. The van der Waals surface area contributed by atoms with Crippen molar-refractivity contribution in [3.8, 4) is 0 Å². The van der Waals surface area contributed by atoms with Crippen molar-refractivity contribution in [1.29, 1.82) is 0 Å². The highest BCUT2D eigenvalue weighted by Gasteiger charge is 2.58. The second kappa shape index (κ2) is 14.5. The maximum atomic E-state index is 14.5. The van der Waals surface area contributed by atoms with Gasteiger partial charge in [-0.25, -0.2) is 13.2 Å². The van der Waals surface area contributed by atoms with Crippen LogP contribution in [0.2, 0.25) is 0 Å². The van der Waals surface area contributed by atoms with Crippen LogP contribution in [0.15, 0.2) is 54.6 Å². The second-order valence-electron chi connectivity index (χ2n) is 15.0. The Hall–Kier alpha value is -3.29. The molecule has 3 N–H and O–H groups in total. The minimum absolute atomic E-state index is 0.0678. The van der Waals surface area contributed by atoms with Crippen molar-refractivity contribution in [3.05, 3.63) is 70.6 Å². The standard InChI is InChI=1S/C37H44F3N4O6PS/c1-42(16-13-32(38)39)26-8-10-28(41-34(45)31-18-24-17-23(7-12-30(24)52-31)33(40)51(48,49)50)35(46)44-27(19-26)9-11-29(44)36(47)43-21-25(20-37(43)14-15-37)22-5-3-2-4-6-22/h2-7,12,17-18,25-29,32-33H,8-11,13-16,19-21H2,1H3,(H,41,45)(H2,48,49,50)/t25-,26+,27-,28?,29+,33-/m1/s1. The van der Waals surface area contributed by atoms with Gasteiger partial charge in [0.1, 0.15) is 12.1 Å². The van der Waals surface area contributed by atoms with E-state index in [0.717, 1.165) is 30.6 Å². The monoisotopic (exact) mass is 760 g/mol. The number of carbonyl (C=O) groups is 3. The molecular formula is C37H44F3N4O6PS. The van der Waals surface area contributed by atoms with E-state index in [9.17, 15) is 41.9 Å². The topological polar surface area (TPSA) is 130 Å². The van der Waals surface area contributed by atoms with Gasteiger partial charge in [-0.2, -0.15) is 0 Å². The molecule has 7 rings (SSSR count). The van der Waals surface area contributed by atoms with Gasteiger partial charge in [0, 0.05) is 47.8 Å². The van der Waals surface area contributed by atoms with Crippen LogP contribution in [0.5, 0.6) is 0 Å². The number of hydrogen-bond donors (Lipinski definition) is 3. The van der Waals surface area contributed by atoms with Crippen LogP contribution in [0.25, 0.3) is 10.1 Å². The summed E-state index contributed by atoms with van der Waals surface area (Å²) in [5.41, 5.74) is 0.776. The Morgan fingerprint density at radius 1 is 1.06 bits per heavy atom. The Labute approximate surface area is 304 Å². The Bertz CT molecular complexity index is 1870. The number of hydrogen-bond acceptors (Lipinski definition) is 6. The number of halogens is 3. The van der Waals surface area contributed by atoms with Crippen LogP contribution in [-0.4, -0.2) is 98.5 Å². The molecule has 3 saturated heterocycles. The Morgan fingerprint density at radius 2 is 1.81 bits per heavy atom. The summed E-state index contributed by atoms with van der Waals surface area (Å²) in [7, 11) is -3.23. The van der Waals surface area contributed by atoms with Crippen molar-refractivity contribution in [3.63, 3.8) is 0 Å². The molecule has 2 aromatic carbocycles. The zero-order valence-corrected chi connectivity index (χ0v) is 30.6. The molecule has 280 valence electrons. The number of benzene rings is 2. The first kappa shape index (κ1) is 37.0. The van der Waals surface area contributed by atoms with E-state index in [-0.39, 0.29) is 65.2 Å². The number of rotatable bonds is 10. The summed E-state index contributed by atoms with van der Waals surface area (Å²) < 4.78 is 52.9. The normalized spacial score (nSPS) is 26.5. The van der Waals surface area contributed by atoms with Gasteiger partial charge in [0.05, 0.1) is 4.88 Å². The van der Waals surface area contributed by atoms with Crippen molar-refractivity contribution in [2.24, 2.45) is 0 Å². The van der Waals surface area contributed by atoms with Gasteiger partial charge in [-0.15, -0.1) is 11.3 Å². The lowest BCUT2D eigenvalue weighted by Crippen LogP contribution is -2.59. The Balaban J connectivity index is 1.14. The van der Waals surface area contributed by atoms with Gasteiger partial charge in [-0.3, -0.25) is 18.9 Å². The summed E-state index contributed by atoms with van der Waals surface area (Å²) in [6, 6.07) is 13.6. The van der Waals surface area contributed by atoms with Crippen LogP contribution in [0.4, 0.5) is 13.2 Å². The first-order valence-electron chi connectivity index (χ1n) is 17.9. The molecule has 1 spiro atoms. The lowest BCUT2D eigenvalue weighted by Gasteiger charge is -2.41. The first-order valence-corrected chi connectivity index (χ1v) is 20.4. The summed E-state index contributed by atoms with van der Waals surface area (Å²) in [5.74, 6) is -3.25. The number of carbonyl (C=O) groups excluding carboxylic acids is 3. The predicted molar refractivity (Wildman–Crippen MR) is 191 cm³/mol. The molecule has 3 amide bonds. The molecule has 4 fully saturated rings. The summed E-state index contributed by atoms with van der Waals surface area (Å²) in [4.78, 5) is 67.2. The number of alkyl halides is 3. The highest BCUT2D eigenvalue weighted by Crippen LogP contribution is 2.55. The molecule has 1 saturated carbocycles. The van der Waals surface area contributed by atoms with Crippen molar-refractivity contribution in [1.82, 2.24) is 20.0 Å². The largest absolute Gasteiger partial charge is 0.363 e. The third-order valence-electron chi connectivity index (χ3n) is 11.6. The number of nitrogens with one attached hydrogen (secondary N) is 1. The van der Waals surface area contributed by atoms with E-state index in [1.165, 1.54) is 29.8 Å². The van der Waals surface area contributed by atoms with Gasteiger partial charge in [0.15, 0.2) is 0 Å². The lowest BCUT2D eigenvalue weighted by molar-refractivity contribution is -0.148. The molecule has 52 heavy (non-hydrogen) atoms. The lowest BCUT2D eigenvalue weighted by atomic mass is 9.93. The molecule has 15 heteroatoms. The molecule has 1 aliphatic carbocycles. The van der Waals surface area contributed by atoms with Crippen molar-refractivity contribution >= 4 is 46.7 Å². The second-order valence-corrected chi connectivity index (χ2v) is 17.7. The van der Waals surface area contributed by atoms with E-state index in [4.69, 9.17) is 0 Å². The maximum absolute atomic E-state index is 14.5. The van der Waals surface area contributed by atoms with Crippen LogP contribution >= 0.6 is 18.9 Å². The Morgan fingerprint density at radius 3 is 2.50 bits per heavy atom. The predicted octanol–water partition coefficient (Wildman–Crippen LogP) is 6.19. The highest BCUT2D eigenvalue weighted by atomic mass is 32.1. The SMILES string of the molecule is CN(CCC(F)F)[C@H]1CCC(NC(=O)c2cc3cc([C@H](F)P(=O)(O)O)ccc3s2)C(=O)N2[C@H](CC[C@H]2C(=O)N2C[C@H](c3ccccc3)CC23CC3)C1. The van der Waals surface area contributed by atoms with E-state index in [1.54, 1.807) is 11.9 Å². The Kier molecular flexibility index (Phi) is 10.3. The number of nitrogens with zero attached hydrogens (tertiary/aromatic N) is 3. The van der Waals surface area contributed by atoms with Gasteiger partial charge in [0.25, 0.3) is 5.91 Å². The zero-order chi connectivity index (χ0) is 36.9. The minimum atomic E-state index is -5.03. The van der Waals surface area contributed by atoms with Crippen LogP contribution in [-0.2, 0) is 14.2 Å². The molecule has 1 aromatic heterocycles. The van der Waals surface area contributed by atoms with E-state index in [0.29, 0.717) is 42.3 Å². The molecular weight excluding hydrogens is 716 g/mol. The minimum Gasteiger partial charge on any atom is -0.340 e. The molecule has 0 radical (unpaired) electrons. The fourth-order valence-electron chi connectivity index (χ4n) is 8.67. The molecule has 4 heterocycles. The molecule has 3 aromatic rings.